The van der Waals surface area contributed by atoms with E-state index in [0.29, 0.717) is 37.9 Å². The number of methoxy groups -OCH3 is 1. The Hall–Kier alpha value is -2.09. The maximum atomic E-state index is 13.0. The molecule has 146 valence electrons. The summed E-state index contributed by atoms with van der Waals surface area (Å²) < 4.78 is 24.7. The largest absolute Gasteiger partial charge is 0.493 e. The lowest BCUT2D eigenvalue weighted by molar-refractivity contribution is -0.121. The fourth-order valence-corrected chi connectivity index (χ4v) is 4.28. The van der Waals surface area contributed by atoms with Crippen LogP contribution in [0.4, 0.5) is 4.39 Å². The lowest BCUT2D eigenvalue weighted by Crippen LogP contribution is -2.27. The van der Waals surface area contributed by atoms with Crippen molar-refractivity contribution >= 4 is 51.9 Å². The number of ether oxygens (including phenoxy) is 2. The molecule has 1 heterocycles. The molecule has 8 heteroatoms. The van der Waals surface area contributed by atoms with E-state index in [1.807, 2.05) is 6.92 Å². The molecule has 2 aromatic rings. The molecule has 0 aromatic heterocycles. The van der Waals surface area contributed by atoms with Gasteiger partial charge in [0, 0.05) is 6.54 Å². The Morgan fingerprint density at radius 2 is 2.00 bits per heavy atom. The first-order valence-corrected chi connectivity index (χ1v) is 10.0. The summed E-state index contributed by atoms with van der Waals surface area (Å²) in [6.45, 7) is 2.62. The number of thioether (sulfide) groups is 1. The highest BCUT2D eigenvalue weighted by Gasteiger charge is 2.30. The molecule has 1 fully saturated rings. The van der Waals surface area contributed by atoms with Crippen molar-refractivity contribution in [3.63, 3.8) is 0 Å². The Balaban J connectivity index is 1.83. The third kappa shape index (κ3) is 4.48. The van der Waals surface area contributed by atoms with Gasteiger partial charge in [0.05, 0.1) is 17.0 Å². The zero-order chi connectivity index (χ0) is 20.3. The number of carbonyl (C=O) groups excluding carboxylic acids is 1. The smallest absolute Gasteiger partial charge is 0.266 e. The minimum Gasteiger partial charge on any atom is -0.493 e. The number of thiocarbonyl (C=S) groups is 1. The highest BCUT2D eigenvalue weighted by atomic mass is 35.5. The van der Waals surface area contributed by atoms with E-state index in [1.165, 1.54) is 31.0 Å². The molecule has 1 aliphatic heterocycles. The number of benzene rings is 2. The molecule has 3 rings (SSSR count). The maximum absolute atomic E-state index is 13.0. The number of hydrogen-bond donors (Lipinski definition) is 0. The number of halogens is 2. The number of likely N-dealkylation sites (N-methyl/N-ethyl adjacent to an activating group) is 1. The van der Waals surface area contributed by atoms with Crippen molar-refractivity contribution in [1.29, 1.82) is 0 Å². The fourth-order valence-electron chi connectivity index (χ4n) is 2.62. The number of rotatable bonds is 6. The van der Waals surface area contributed by atoms with Crippen LogP contribution in [0.5, 0.6) is 11.5 Å². The van der Waals surface area contributed by atoms with E-state index in [9.17, 15) is 9.18 Å². The van der Waals surface area contributed by atoms with Gasteiger partial charge in [-0.3, -0.25) is 9.69 Å². The van der Waals surface area contributed by atoms with Crippen LogP contribution < -0.4 is 9.47 Å². The molecule has 28 heavy (non-hydrogen) atoms. The van der Waals surface area contributed by atoms with Crippen LogP contribution in [0.2, 0.25) is 5.02 Å². The minimum atomic E-state index is -0.308. The topological polar surface area (TPSA) is 38.8 Å². The van der Waals surface area contributed by atoms with Crippen LogP contribution in [0.3, 0.4) is 0 Å². The van der Waals surface area contributed by atoms with Crippen LogP contribution in [0.25, 0.3) is 6.08 Å². The van der Waals surface area contributed by atoms with Crippen LogP contribution >= 0.6 is 35.6 Å². The number of hydrogen-bond acceptors (Lipinski definition) is 5. The van der Waals surface area contributed by atoms with Gasteiger partial charge in [-0.15, -0.1) is 0 Å². The first kappa shape index (κ1) is 20.6. The lowest BCUT2D eigenvalue weighted by Gasteiger charge is -2.13. The molecular formula is C20H17ClFNO3S2. The molecule has 0 saturated carbocycles. The Kier molecular flexibility index (Phi) is 6.59. The summed E-state index contributed by atoms with van der Waals surface area (Å²) in [5.74, 6) is 0.389. The summed E-state index contributed by atoms with van der Waals surface area (Å²) in [4.78, 5) is 14.5. The summed E-state index contributed by atoms with van der Waals surface area (Å²) in [5.41, 5.74) is 1.50. The van der Waals surface area contributed by atoms with Crippen molar-refractivity contribution in [2.45, 2.75) is 13.5 Å². The van der Waals surface area contributed by atoms with Crippen LogP contribution in [-0.4, -0.2) is 28.8 Å². The van der Waals surface area contributed by atoms with Gasteiger partial charge in [-0.2, -0.15) is 0 Å². The molecule has 1 amide bonds. The summed E-state index contributed by atoms with van der Waals surface area (Å²) in [6.07, 6.45) is 1.73. The van der Waals surface area contributed by atoms with E-state index < -0.39 is 0 Å². The Bertz CT molecular complexity index is 947. The van der Waals surface area contributed by atoms with Gasteiger partial charge < -0.3 is 9.47 Å². The van der Waals surface area contributed by atoms with Gasteiger partial charge in [-0.25, -0.2) is 4.39 Å². The van der Waals surface area contributed by atoms with E-state index in [0.717, 1.165) is 5.56 Å². The van der Waals surface area contributed by atoms with Crippen LogP contribution in [0.15, 0.2) is 41.3 Å². The normalized spacial score (nSPS) is 15.4. The zero-order valence-corrected chi connectivity index (χ0v) is 17.6. The second kappa shape index (κ2) is 8.94. The van der Waals surface area contributed by atoms with Crippen molar-refractivity contribution < 1.29 is 18.7 Å². The van der Waals surface area contributed by atoms with E-state index in [1.54, 1.807) is 35.2 Å². The monoisotopic (exact) mass is 437 g/mol. The molecule has 4 nitrogen and oxygen atoms in total. The third-order valence-corrected chi connectivity index (χ3v) is 5.69. The molecule has 1 aliphatic rings. The molecular weight excluding hydrogens is 421 g/mol. The SMILES string of the molecule is CCN1C(=O)/C(=C\c2cc(Cl)c(OCc3ccc(F)cc3)c(OC)c2)SC1=S. The quantitative estimate of drug-likeness (QED) is 0.453. The van der Waals surface area contributed by atoms with Crippen molar-refractivity contribution in [2.75, 3.05) is 13.7 Å². The minimum absolute atomic E-state index is 0.121. The second-order valence-corrected chi connectivity index (χ2v) is 7.96. The fraction of sp³-hybridized carbons (Fsp3) is 0.200. The Morgan fingerprint density at radius 1 is 1.29 bits per heavy atom. The van der Waals surface area contributed by atoms with Crippen LogP contribution in [0, 0.1) is 5.82 Å². The van der Waals surface area contributed by atoms with Crippen LogP contribution in [0.1, 0.15) is 18.1 Å². The van der Waals surface area contributed by atoms with Crippen molar-refractivity contribution in [3.8, 4) is 11.5 Å². The van der Waals surface area contributed by atoms with E-state index in [-0.39, 0.29) is 18.3 Å². The van der Waals surface area contributed by atoms with Gasteiger partial charge in [-0.05, 0) is 48.4 Å². The molecule has 0 unspecified atom stereocenters. The molecule has 2 aromatic carbocycles. The molecule has 0 radical (unpaired) electrons. The van der Waals surface area contributed by atoms with E-state index >= 15 is 0 Å². The highest BCUT2D eigenvalue weighted by Crippen LogP contribution is 2.39. The lowest BCUT2D eigenvalue weighted by atomic mass is 10.1. The number of carbonyl (C=O) groups is 1. The molecule has 0 aliphatic carbocycles. The first-order valence-electron chi connectivity index (χ1n) is 8.43. The van der Waals surface area contributed by atoms with Crippen molar-refractivity contribution in [1.82, 2.24) is 4.90 Å². The van der Waals surface area contributed by atoms with Gasteiger partial charge in [0.1, 0.15) is 16.7 Å². The Morgan fingerprint density at radius 3 is 2.61 bits per heavy atom. The van der Waals surface area contributed by atoms with E-state index in [2.05, 4.69) is 0 Å². The van der Waals surface area contributed by atoms with Gasteiger partial charge in [0.25, 0.3) is 5.91 Å². The van der Waals surface area contributed by atoms with Gasteiger partial charge in [-0.1, -0.05) is 47.7 Å². The summed E-state index contributed by atoms with van der Waals surface area (Å²) >= 11 is 12.9. The molecule has 1 saturated heterocycles. The summed E-state index contributed by atoms with van der Waals surface area (Å²) in [6, 6.07) is 9.45. The highest BCUT2D eigenvalue weighted by molar-refractivity contribution is 8.26. The average molecular weight is 438 g/mol. The predicted molar refractivity (Wildman–Crippen MR) is 114 cm³/mol. The molecule has 0 bridgehead atoms. The zero-order valence-electron chi connectivity index (χ0n) is 15.2. The van der Waals surface area contributed by atoms with Gasteiger partial charge in [0.15, 0.2) is 11.5 Å². The molecule has 0 atom stereocenters. The molecule has 0 N–H and O–H groups in total. The third-order valence-electron chi connectivity index (χ3n) is 4.04. The van der Waals surface area contributed by atoms with Crippen molar-refractivity contribution in [3.05, 3.63) is 63.3 Å². The average Bonchev–Trinajstić information content (AvgIpc) is 2.94. The van der Waals surface area contributed by atoms with Crippen LogP contribution in [-0.2, 0) is 11.4 Å². The van der Waals surface area contributed by atoms with Crippen molar-refractivity contribution in [2.24, 2.45) is 0 Å². The second-order valence-electron chi connectivity index (χ2n) is 5.88. The molecule has 0 spiro atoms. The predicted octanol–water partition coefficient (Wildman–Crippen LogP) is 5.29. The number of nitrogens with zero attached hydrogens (tertiary/aromatic N) is 1. The number of amides is 1. The first-order chi connectivity index (χ1) is 13.4. The van der Waals surface area contributed by atoms with Gasteiger partial charge in [0.2, 0.25) is 0 Å². The summed E-state index contributed by atoms with van der Waals surface area (Å²) in [5, 5.41) is 0.346. The Labute approximate surface area is 177 Å². The maximum Gasteiger partial charge on any atom is 0.266 e. The van der Waals surface area contributed by atoms with Gasteiger partial charge >= 0.3 is 0 Å². The summed E-state index contributed by atoms with van der Waals surface area (Å²) in [7, 11) is 1.51. The van der Waals surface area contributed by atoms with E-state index in [4.69, 9.17) is 33.3 Å². The standard InChI is InChI=1S/C20H17ClFNO3S2/c1-3-23-19(24)17(28-20(23)27)10-13-8-15(21)18(16(9-13)25-2)26-11-12-4-6-14(22)7-5-12/h4-10H,3,11H2,1-2H3/b17-10+.